The van der Waals surface area contributed by atoms with Gasteiger partial charge in [0.05, 0.1) is 19.1 Å². The van der Waals surface area contributed by atoms with Gasteiger partial charge in [0.15, 0.2) is 0 Å². The molecule has 2 aromatic rings. The maximum atomic E-state index is 15.8. The lowest BCUT2D eigenvalue weighted by Gasteiger charge is -2.39. The summed E-state index contributed by atoms with van der Waals surface area (Å²) in [5, 5.41) is 27.9. The van der Waals surface area contributed by atoms with E-state index in [-0.39, 0.29) is 55.8 Å². The summed E-state index contributed by atoms with van der Waals surface area (Å²) in [5.74, 6) is -13.0. The molecule has 602 valence electrons. The number of hydrogen-bond acceptors (Lipinski definition) is 15. The minimum atomic E-state index is -1.93. The number of likely N-dealkylation sites (N-methyl/N-ethyl adjacent to an activating group) is 7. The van der Waals surface area contributed by atoms with Crippen LogP contribution in [0.15, 0.2) is 60.7 Å². The van der Waals surface area contributed by atoms with Crippen LogP contribution in [0.3, 0.4) is 0 Å². The number of aliphatic hydroxyl groups excluding tert-OH is 1. The van der Waals surface area contributed by atoms with Crippen molar-refractivity contribution >= 4 is 82.7 Å². The van der Waals surface area contributed by atoms with Gasteiger partial charge in [0.1, 0.15) is 72.0 Å². The average molecular weight is 1510 g/mol. The Morgan fingerprint density at radius 1 is 0.593 bits per heavy atom. The van der Waals surface area contributed by atoms with E-state index in [0.29, 0.717) is 25.1 Å². The number of piperidine rings is 1. The fourth-order valence-corrected chi connectivity index (χ4v) is 14.0. The van der Waals surface area contributed by atoms with Crippen LogP contribution in [-0.4, -0.2) is 274 Å². The number of nitrogens with one attached hydrogen (secondary N) is 6. The van der Waals surface area contributed by atoms with Crippen LogP contribution in [0.1, 0.15) is 166 Å². The third kappa shape index (κ3) is 25.0. The molecule has 2 aliphatic rings. The lowest BCUT2D eigenvalue weighted by atomic mass is 9.88. The topological polar surface area (TPSA) is 357 Å². The van der Waals surface area contributed by atoms with Crippen molar-refractivity contribution < 1.29 is 72.2 Å². The van der Waals surface area contributed by atoms with E-state index < -0.39 is 180 Å². The molecule has 0 spiro atoms. The number of aliphatic hydroxyl groups is 1. The van der Waals surface area contributed by atoms with Crippen molar-refractivity contribution in [2.24, 2.45) is 29.6 Å². The largest absolute Gasteiger partial charge is 0.391 e. The second-order valence-electron chi connectivity index (χ2n) is 31.7. The van der Waals surface area contributed by atoms with Gasteiger partial charge in [-0.3, -0.25) is 67.1 Å². The first-order valence-electron chi connectivity index (χ1n) is 38.1. The minimum absolute atomic E-state index is 0.0171. The Labute approximate surface area is 639 Å². The number of amides is 14. The number of likely N-dealkylation sites (tertiary alicyclic amines) is 1. The second-order valence-corrected chi connectivity index (χ2v) is 31.7. The van der Waals surface area contributed by atoms with E-state index in [1.165, 1.54) is 84.0 Å². The van der Waals surface area contributed by atoms with Crippen molar-refractivity contribution in [3.63, 3.8) is 0 Å². The van der Waals surface area contributed by atoms with Crippen LogP contribution in [0.5, 0.6) is 0 Å². The van der Waals surface area contributed by atoms with E-state index in [9.17, 15) is 43.5 Å². The number of hydrogen-bond donors (Lipinski definition) is 7. The molecule has 2 fully saturated rings. The van der Waals surface area contributed by atoms with Gasteiger partial charge in [-0.2, -0.15) is 0 Å². The molecule has 7 N–H and O–H groups in total. The Balaban J connectivity index is 1.96. The molecule has 29 nitrogen and oxygen atoms in total. The van der Waals surface area contributed by atoms with E-state index >= 15 is 28.8 Å². The number of carbonyl (C=O) groups is 14. The predicted molar refractivity (Wildman–Crippen MR) is 410 cm³/mol. The molecule has 14 amide bonds. The summed E-state index contributed by atoms with van der Waals surface area (Å²) in [4.78, 5) is 218. The summed E-state index contributed by atoms with van der Waals surface area (Å²) in [6, 6.07) is 2.51. The minimum Gasteiger partial charge on any atom is -0.391 e. The second kappa shape index (κ2) is 41.5. The van der Waals surface area contributed by atoms with E-state index in [1.807, 2.05) is 51.1 Å². The van der Waals surface area contributed by atoms with Crippen LogP contribution in [0.2, 0.25) is 0 Å². The lowest BCUT2D eigenvalue weighted by molar-refractivity contribution is -0.150. The predicted octanol–water partition coefficient (Wildman–Crippen LogP) is 2.89. The fraction of sp³-hybridized carbons (Fsp3) is 0.671. The molecule has 2 aliphatic heterocycles. The molecule has 108 heavy (non-hydrogen) atoms. The summed E-state index contributed by atoms with van der Waals surface area (Å²) in [7, 11) is 9.33. The quantitative estimate of drug-likeness (QED) is 0.106. The van der Waals surface area contributed by atoms with E-state index in [2.05, 4.69) is 31.9 Å². The zero-order valence-corrected chi connectivity index (χ0v) is 68.0. The van der Waals surface area contributed by atoms with Crippen LogP contribution in [0, 0.1) is 29.6 Å². The van der Waals surface area contributed by atoms with Crippen molar-refractivity contribution in [1.82, 2.24) is 71.1 Å². The van der Waals surface area contributed by atoms with Crippen LogP contribution < -0.4 is 31.9 Å². The molecule has 4 rings (SSSR count). The van der Waals surface area contributed by atoms with Gasteiger partial charge in [-0.25, -0.2) is 0 Å². The highest BCUT2D eigenvalue weighted by atomic mass is 16.3. The molecule has 2 heterocycles. The highest BCUT2D eigenvalue weighted by molar-refractivity contribution is 6.02. The molecule has 29 heteroatoms. The van der Waals surface area contributed by atoms with Gasteiger partial charge in [-0.15, -0.1) is 0 Å². The molecule has 0 radical (unpaired) electrons. The van der Waals surface area contributed by atoms with Gasteiger partial charge in [0.25, 0.3) is 0 Å². The number of nitrogens with zero attached hydrogens (tertiary/aromatic N) is 8. The molecule has 0 unspecified atom stereocenters. The van der Waals surface area contributed by atoms with E-state index in [1.54, 1.807) is 83.7 Å². The number of rotatable bonds is 19. The molecule has 0 aromatic heterocycles. The maximum Gasteiger partial charge on any atom is 0.248 e. The molecule has 0 aliphatic carbocycles. The summed E-state index contributed by atoms with van der Waals surface area (Å²) >= 11 is 0. The Bertz CT molecular complexity index is 3440. The summed E-state index contributed by atoms with van der Waals surface area (Å²) in [5.41, 5.74) is -0.590. The molecular weight excluding hydrogens is 1380 g/mol. The Morgan fingerprint density at radius 2 is 1.10 bits per heavy atom. The van der Waals surface area contributed by atoms with Crippen molar-refractivity contribution in [2.45, 2.75) is 246 Å². The molecule has 2 aromatic carbocycles. The van der Waals surface area contributed by atoms with Crippen molar-refractivity contribution in [1.29, 1.82) is 0 Å². The third-order valence-electron chi connectivity index (χ3n) is 20.9. The van der Waals surface area contributed by atoms with Crippen molar-refractivity contribution in [3.8, 4) is 0 Å². The highest BCUT2D eigenvalue weighted by Gasteiger charge is 2.46. The highest BCUT2D eigenvalue weighted by Crippen LogP contribution is 2.25. The van der Waals surface area contributed by atoms with Crippen LogP contribution in [0.4, 0.5) is 0 Å². The summed E-state index contributed by atoms with van der Waals surface area (Å²) in [6.45, 7) is 25.0. The zero-order chi connectivity index (χ0) is 81.7. The average Bonchev–Trinajstić information content (AvgIpc) is 0.810. The standard InChI is InChI=1S/C79H126N14O15/c1-23-50(10)66(71(101)82-58(42-56-35-29-25-30-36-56)76(106)93-37-31-26-32-38-93)92(22)75(105)59-43-62(95)87(17)52(12)73(103)90(20)60(39-46(2)3)68(98)81-57(41-55-33-27-24-28-34-55)67(97)84-64(54(14)94)77(107)86(16)45-63(96)88(18)53(13)74(104)91(21)65(49(8)9)70(100)80-51(11)72(102)89(19)61(40-47(4)5)69(99)85-79(15,44-48(6)7)78(108)83-59/h24-25,27-30,33-36,46-54,57-61,64-66,94H,23,26,31-32,37-45H2,1-22H3,(H,80,100)(H,81,98)(H,82,101)(H,83,108)(H,84,97)(H,85,99)/t50-,51-,52+,53-,54+,57-,58-,59-,60-,61-,64-,65-,66-,79-/m0/s1. The van der Waals surface area contributed by atoms with Gasteiger partial charge in [-0.1, -0.05) is 136 Å². The Morgan fingerprint density at radius 3 is 1.61 bits per heavy atom. The lowest BCUT2D eigenvalue weighted by Crippen LogP contribution is -2.65. The summed E-state index contributed by atoms with van der Waals surface area (Å²) < 4.78 is 0. The maximum absolute atomic E-state index is 15.8. The molecule has 2 saturated heterocycles. The zero-order valence-electron chi connectivity index (χ0n) is 68.0. The first kappa shape index (κ1) is 91.4. The van der Waals surface area contributed by atoms with Crippen molar-refractivity contribution in [3.05, 3.63) is 71.8 Å². The molecule has 14 atom stereocenters. The third-order valence-corrected chi connectivity index (χ3v) is 20.9. The van der Waals surface area contributed by atoms with Crippen LogP contribution >= 0.6 is 0 Å². The normalized spacial score (nSPS) is 25.5. The van der Waals surface area contributed by atoms with Gasteiger partial charge < -0.3 is 76.2 Å². The van der Waals surface area contributed by atoms with Gasteiger partial charge in [0, 0.05) is 75.3 Å². The molecule has 0 saturated carbocycles. The number of benzene rings is 2. The fourth-order valence-electron chi connectivity index (χ4n) is 14.0. The van der Waals surface area contributed by atoms with E-state index in [4.69, 9.17) is 0 Å². The first-order valence-corrected chi connectivity index (χ1v) is 38.1. The van der Waals surface area contributed by atoms with E-state index in [0.717, 1.165) is 59.1 Å². The Hall–Kier alpha value is -9.02. The molecule has 0 bridgehead atoms. The van der Waals surface area contributed by atoms with Gasteiger partial charge in [0.2, 0.25) is 82.7 Å². The smallest absolute Gasteiger partial charge is 0.248 e. The number of carbonyl (C=O) groups excluding carboxylic acids is 14. The van der Waals surface area contributed by atoms with Crippen molar-refractivity contribution in [2.75, 3.05) is 69.0 Å². The first-order chi connectivity index (χ1) is 50.4. The SMILES string of the molecule is CC[C@H](C)[C@@H](C(=O)N[C@@H](Cc1ccccc1)C(=O)N1CCCCC1)N(C)C(=O)[C@@H]1CC(=O)N(C)[C@H](C)C(=O)N(C)[C@@H](CC(C)C)C(=O)N[C@@H](Cc2ccccc2)C(=O)N[C@@H]([C@@H](C)O)C(=O)N(C)CC(=O)N(C)[C@@H](C)C(=O)N(C)[C@@H](C(C)C)C(=O)N[C@@H](C)C(=O)N(C)[C@@H](CC(C)C)C(=O)N[C@@](C)(CC(C)C)C(=O)N1. The summed E-state index contributed by atoms with van der Waals surface area (Å²) in [6.07, 6.45) is 0.353. The van der Waals surface area contributed by atoms with Crippen LogP contribution in [-0.2, 0) is 80.0 Å². The monoisotopic (exact) mass is 1510 g/mol. The Kier molecular flexibility index (Phi) is 35.1. The molecular formula is C79H126N14O15. The van der Waals surface area contributed by atoms with Gasteiger partial charge in [-0.05, 0) is 114 Å². The van der Waals surface area contributed by atoms with Crippen LogP contribution in [0.25, 0.3) is 0 Å². The van der Waals surface area contributed by atoms with Gasteiger partial charge >= 0.3 is 0 Å².